The van der Waals surface area contributed by atoms with Crippen molar-refractivity contribution in [3.8, 4) is 0 Å². The van der Waals surface area contributed by atoms with Crippen LogP contribution in [0.5, 0.6) is 0 Å². The number of amides is 1. The number of hydrogen-bond donors (Lipinski definition) is 0. The molecule has 0 saturated carbocycles. The SMILES string of the molecule is O=C(Cc1ccc(F)cc1)N1CCOC[C@@H](Cc2ccncn2)C1. The minimum absolute atomic E-state index is 0.0415. The van der Waals surface area contributed by atoms with Crippen LogP contribution in [0, 0.1) is 11.7 Å². The molecule has 5 nitrogen and oxygen atoms in total. The molecule has 126 valence electrons. The van der Waals surface area contributed by atoms with E-state index >= 15 is 0 Å². The third kappa shape index (κ3) is 4.58. The standard InChI is InChI=1S/C18H20FN3O2/c19-16-3-1-14(2-4-16)10-18(23)22-7-8-24-12-15(11-22)9-17-5-6-20-13-21-17/h1-6,13,15H,7-12H2/t15-/m0/s1. The average molecular weight is 329 g/mol. The molecule has 1 aliphatic rings. The summed E-state index contributed by atoms with van der Waals surface area (Å²) in [6.45, 7) is 2.38. The van der Waals surface area contributed by atoms with Gasteiger partial charge in [0.2, 0.25) is 5.91 Å². The summed E-state index contributed by atoms with van der Waals surface area (Å²) in [7, 11) is 0. The van der Waals surface area contributed by atoms with Crippen LogP contribution in [0.1, 0.15) is 11.3 Å². The Morgan fingerprint density at radius 3 is 2.88 bits per heavy atom. The molecule has 0 bridgehead atoms. The van der Waals surface area contributed by atoms with Crippen molar-refractivity contribution in [2.24, 2.45) is 5.92 Å². The van der Waals surface area contributed by atoms with Crippen molar-refractivity contribution >= 4 is 5.91 Å². The molecule has 0 radical (unpaired) electrons. The molecule has 0 aliphatic carbocycles. The summed E-state index contributed by atoms with van der Waals surface area (Å²) >= 11 is 0. The highest BCUT2D eigenvalue weighted by Crippen LogP contribution is 2.14. The lowest BCUT2D eigenvalue weighted by Crippen LogP contribution is -2.37. The van der Waals surface area contributed by atoms with E-state index in [0.29, 0.717) is 26.3 Å². The van der Waals surface area contributed by atoms with Crippen LogP contribution in [0.15, 0.2) is 42.9 Å². The molecule has 1 aromatic carbocycles. The molecule has 1 saturated heterocycles. The smallest absolute Gasteiger partial charge is 0.227 e. The number of rotatable bonds is 4. The molecule has 1 aliphatic heterocycles. The van der Waals surface area contributed by atoms with Crippen molar-refractivity contribution in [3.05, 3.63) is 59.9 Å². The maximum absolute atomic E-state index is 13.0. The molecule has 0 spiro atoms. The predicted octanol–water partition coefficient (Wildman–Crippen LogP) is 1.88. The molecule has 1 fully saturated rings. The first-order chi connectivity index (χ1) is 11.7. The fraction of sp³-hybridized carbons (Fsp3) is 0.389. The second-order valence-electron chi connectivity index (χ2n) is 5.99. The molecule has 0 unspecified atom stereocenters. The van der Waals surface area contributed by atoms with Gasteiger partial charge in [0, 0.05) is 30.9 Å². The van der Waals surface area contributed by atoms with E-state index in [0.717, 1.165) is 17.7 Å². The zero-order valence-corrected chi connectivity index (χ0v) is 13.4. The number of carbonyl (C=O) groups excluding carboxylic acids is 1. The van der Waals surface area contributed by atoms with E-state index in [-0.39, 0.29) is 24.1 Å². The van der Waals surface area contributed by atoms with Gasteiger partial charge in [-0.15, -0.1) is 0 Å². The van der Waals surface area contributed by atoms with Crippen LogP contribution in [0.4, 0.5) is 4.39 Å². The first-order valence-corrected chi connectivity index (χ1v) is 8.05. The molecule has 3 rings (SSSR count). The van der Waals surface area contributed by atoms with E-state index < -0.39 is 0 Å². The number of benzene rings is 1. The van der Waals surface area contributed by atoms with Crippen molar-refractivity contribution < 1.29 is 13.9 Å². The van der Waals surface area contributed by atoms with Crippen molar-refractivity contribution in [3.63, 3.8) is 0 Å². The normalized spacial score (nSPS) is 18.2. The molecule has 6 heteroatoms. The zero-order chi connectivity index (χ0) is 16.8. The predicted molar refractivity (Wildman–Crippen MR) is 86.7 cm³/mol. The van der Waals surface area contributed by atoms with Gasteiger partial charge in [-0.3, -0.25) is 4.79 Å². The number of ether oxygens (including phenoxy) is 1. The Labute approximate surface area is 140 Å². The Morgan fingerprint density at radius 2 is 2.12 bits per heavy atom. The molecule has 1 aromatic heterocycles. The van der Waals surface area contributed by atoms with Crippen molar-refractivity contribution in [1.82, 2.24) is 14.9 Å². The lowest BCUT2D eigenvalue weighted by atomic mass is 10.0. The van der Waals surface area contributed by atoms with Crippen LogP contribution in [0.25, 0.3) is 0 Å². The van der Waals surface area contributed by atoms with E-state index in [1.807, 2.05) is 11.0 Å². The lowest BCUT2D eigenvalue weighted by molar-refractivity contribution is -0.130. The summed E-state index contributed by atoms with van der Waals surface area (Å²) in [4.78, 5) is 22.6. The summed E-state index contributed by atoms with van der Waals surface area (Å²) < 4.78 is 18.6. The summed E-state index contributed by atoms with van der Waals surface area (Å²) in [5.41, 5.74) is 1.77. The zero-order valence-electron chi connectivity index (χ0n) is 13.4. The van der Waals surface area contributed by atoms with Crippen molar-refractivity contribution in [2.45, 2.75) is 12.8 Å². The Morgan fingerprint density at radius 1 is 1.29 bits per heavy atom. The van der Waals surface area contributed by atoms with Crippen LogP contribution in [0.2, 0.25) is 0 Å². The highest BCUT2D eigenvalue weighted by molar-refractivity contribution is 5.78. The summed E-state index contributed by atoms with van der Waals surface area (Å²) in [6, 6.07) is 7.95. The molecule has 24 heavy (non-hydrogen) atoms. The Hall–Kier alpha value is -2.34. The van der Waals surface area contributed by atoms with Crippen molar-refractivity contribution in [1.29, 1.82) is 0 Å². The Balaban J connectivity index is 1.61. The Bertz CT molecular complexity index is 664. The summed E-state index contributed by atoms with van der Waals surface area (Å²) in [5, 5.41) is 0. The van der Waals surface area contributed by atoms with Gasteiger partial charge in [-0.25, -0.2) is 14.4 Å². The van der Waals surface area contributed by atoms with E-state index in [4.69, 9.17) is 4.74 Å². The highest BCUT2D eigenvalue weighted by atomic mass is 19.1. The molecule has 2 heterocycles. The van der Waals surface area contributed by atoms with E-state index in [1.54, 1.807) is 18.3 Å². The number of nitrogens with zero attached hydrogens (tertiary/aromatic N) is 3. The maximum Gasteiger partial charge on any atom is 0.227 e. The van der Waals surface area contributed by atoms with Gasteiger partial charge in [0.15, 0.2) is 0 Å². The quantitative estimate of drug-likeness (QED) is 0.859. The van der Waals surface area contributed by atoms with Crippen LogP contribution in [-0.4, -0.2) is 47.1 Å². The van der Waals surface area contributed by atoms with E-state index in [1.165, 1.54) is 18.5 Å². The van der Waals surface area contributed by atoms with Gasteiger partial charge in [-0.2, -0.15) is 0 Å². The van der Waals surface area contributed by atoms with Crippen molar-refractivity contribution in [2.75, 3.05) is 26.3 Å². The second-order valence-corrected chi connectivity index (χ2v) is 5.99. The maximum atomic E-state index is 13.0. The minimum atomic E-state index is -0.292. The molecular weight excluding hydrogens is 309 g/mol. The minimum Gasteiger partial charge on any atom is -0.379 e. The van der Waals surface area contributed by atoms with Crippen LogP contribution < -0.4 is 0 Å². The molecule has 0 N–H and O–H groups in total. The first-order valence-electron chi connectivity index (χ1n) is 8.05. The number of aromatic nitrogens is 2. The number of carbonyl (C=O) groups is 1. The fourth-order valence-electron chi connectivity index (χ4n) is 2.85. The number of hydrogen-bond acceptors (Lipinski definition) is 4. The van der Waals surface area contributed by atoms with Crippen LogP contribution >= 0.6 is 0 Å². The van der Waals surface area contributed by atoms with E-state index in [9.17, 15) is 9.18 Å². The molecule has 1 atom stereocenters. The van der Waals surface area contributed by atoms with Crippen LogP contribution in [-0.2, 0) is 22.4 Å². The lowest BCUT2D eigenvalue weighted by Gasteiger charge is -2.23. The Kier molecular flexibility index (Phi) is 5.48. The molecule has 1 amide bonds. The number of halogens is 1. The van der Waals surface area contributed by atoms with Gasteiger partial charge in [-0.05, 0) is 30.2 Å². The van der Waals surface area contributed by atoms with Crippen LogP contribution in [0.3, 0.4) is 0 Å². The van der Waals surface area contributed by atoms with E-state index in [2.05, 4.69) is 9.97 Å². The molecular formula is C18H20FN3O2. The third-order valence-corrected chi connectivity index (χ3v) is 4.10. The van der Waals surface area contributed by atoms with Gasteiger partial charge in [-0.1, -0.05) is 12.1 Å². The fourth-order valence-corrected chi connectivity index (χ4v) is 2.85. The van der Waals surface area contributed by atoms with Gasteiger partial charge in [0.05, 0.1) is 19.6 Å². The monoisotopic (exact) mass is 329 g/mol. The van der Waals surface area contributed by atoms with Gasteiger partial charge < -0.3 is 9.64 Å². The average Bonchev–Trinajstić information content (AvgIpc) is 2.83. The highest BCUT2D eigenvalue weighted by Gasteiger charge is 2.23. The van der Waals surface area contributed by atoms with Gasteiger partial charge in [0.1, 0.15) is 12.1 Å². The van der Waals surface area contributed by atoms with Gasteiger partial charge in [0.25, 0.3) is 0 Å². The third-order valence-electron chi connectivity index (χ3n) is 4.10. The largest absolute Gasteiger partial charge is 0.379 e. The second kappa shape index (κ2) is 7.97. The topological polar surface area (TPSA) is 55.3 Å². The summed E-state index contributed by atoms with van der Waals surface area (Å²) in [6.07, 6.45) is 4.28. The summed E-state index contributed by atoms with van der Waals surface area (Å²) in [5.74, 6) is -0.0429. The van der Waals surface area contributed by atoms with Gasteiger partial charge >= 0.3 is 0 Å². The molecule has 2 aromatic rings. The first kappa shape index (κ1) is 16.5.